The number of hydrogen-bond acceptors (Lipinski definition) is 5. The lowest BCUT2D eigenvalue weighted by Crippen LogP contribution is -2.48. The van der Waals surface area contributed by atoms with E-state index >= 15 is 0 Å². The van der Waals surface area contributed by atoms with Crippen molar-refractivity contribution in [3.8, 4) is 11.5 Å². The predicted octanol–water partition coefficient (Wildman–Crippen LogP) is 4.35. The molecule has 0 bridgehead atoms. The second-order valence-corrected chi connectivity index (χ2v) is 7.82. The van der Waals surface area contributed by atoms with Crippen molar-refractivity contribution in [3.63, 3.8) is 0 Å². The fraction of sp³-hybridized carbons (Fsp3) is 0.320. The lowest BCUT2D eigenvalue weighted by Gasteiger charge is -2.38. The van der Waals surface area contributed by atoms with Crippen molar-refractivity contribution in [2.45, 2.75) is 25.3 Å². The lowest BCUT2D eigenvalue weighted by molar-refractivity contribution is 0.0933. The van der Waals surface area contributed by atoms with E-state index in [-0.39, 0.29) is 17.7 Å². The second kappa shape index (κ2) is 9.71. The molecule has 0 radical (unpaired) electrons. The zero-order valence-corrected chi connectivity index (χ0v) is 17.7. The number of piperidine rings is 1. The van der Waals surface area contributed by atoms with Crippen molar-refractivity contribution in [2.24, 2.45) is 0 Å². The maximum atomic E-state index is 13.2. The number of aromatic hydroxyl groups is 1. The van der Waals surface area contributed by atoms with Crippen LogP contribution in [0, 0.1) is 0 Å². The number of para-hydroxylation sites is 1. The minimum atomic E-state index is -0.0918. The molecule has 2 aromatic carbocycles. The van der Waals surface area contributed by atoms with Gasteiger partial charge in [-0.15, -0.1) is 0 Å². The Morgan fingerprint density at radius 1 is 1.13 bits per heavy atom. The van der Waals surface area contributed by atoms with Crippen LogP contribution < -0.4 is 9.64 Å². The molecule has 162 valence electrons. The molecular formula is C25H28N2O4. The van der Waals surface area contributed by atoms with E-state index in [1.165, 1.54) is 6.26 Å². The second-order valence-electron chi connectivity index (χ2n) is 7.82. The molecule has 0 saturated carbocycles. The molecule has 3 aromatic rings. The number of nitrogens with zero attached hydrogens (tertiary/aromatic N) is 2. The third kappa shape index (κ3) is 4.91. The van der Waals surface area contributed by atoms with Gasteiger partial charge < -0.3 is 24.1 Å². The monoisotopic (exact) mass is 420 g/mol. The summed E-state index contributed by atoms with van der Waals surface area (Å²) in [6, 6.07) is 18.9. The first-order chi connectivity index (χ1) is 15.2. The van der Waals surface area contributed by atoms with E-state index in [9.17, 15) is 9.90 Å². The van der Waals surface area contributed by atoms with Crippen molar-refractivity contribution in [2.75, 3.05) is 31.6 Å². The highest BCUT2D eigenvalue weighted by Gasteiger charge is 2.30. The molecule has 1 saturated heterocycles. The molecule has 4 rings (SSSR count). The minimum absolute atomic E-state index is 0.0918. The molecule has 1 aromatic heterocycles. The standard InChI is InChI=1S/C25H28N2O4/c1-30-24-18-19(9-10-22(24)28)11-14-26-15-12-21(13-16-26)27(20-6-3-2-4-7-20)25(29)23-8-5-17-31-23/h2-10,17-18,21,28H,11-16H2,1H3. The number of benzene rings is 2. The molecule has 2 heterocycles. The SMILES string of the molecule is COc1cc(CCN2CCC(N(C(=O)c3ccco3)c3ccccc3)CC2)ccc1O. The van der Waals surface area contributed by atoms with Crippen LogP contribution in [0.4, 0.5) is 5.69 Å². The van der Waals surface area contributed by atoms with E-state index in [1.54, 1.807) is 25.3 Å². The number of likely N-dealkylation sites (tertiary alicyclic amines) is 1. The van der Waals surface area contributed by atoms with Crippen LogP contribution in [0.2, 0.25) is 0 Å². The van der Waals surface area contributed by atoms with Crippen molar-refractivity contribution < 1.29 is 19.1 Å². The van der Waals surface area contributed by atoms with Crippen molar-refractivity contribution in [1.82, 2.24) is 4.90 Å². The Morgan fingerprint density at radius 3 is 2.58 bits per heavy atom. The van der Waals surface area contributed by atoms with Crippen LogP contribution in [0.3, 0.4) is 0 Å². The summed E-state index contributed by atoms with van der Waals surface area (Å²) < 4.78 is 10.6. The molecule has 1 aliphatic heterocycles. The van der Waals surface area contributed by atoms with Gasteiger partial charge in [0, 0.05) is 31.4 Å². The van der Waals surface area contributed by atoms with Gasteiger partial charge in [0.15, 0.2) is 17.3 Å². The summed E-state index contributed by atoms with van der Waals surface area (Å²) >= 11 is 0. The van der Waals surface area contributed by atoms with Crippen LogP contribution in [0.1, 0.15) is 29.0 Å². The third-order valence-corrected chi connectivity index (χ3v) is 5.87. The number of methoxy groups -OCH3 is 1. The van der Waals surface area contributed by atoms with Crippen LogP contribution in [-0.2, 0) is 6.42 Å². The van der Waals surface area contributed by atoms with Crippen LogP contribution in [0.15, 0.2) is 71.3 Å². The van der Waals surface area contributed by atoms with Crippen LogP contribution in [0.25, 0.3) is 0 Å². The molecule has 0 atom stereocenters. The fourth-order valence-electron chi connectivity index (χ4n) is 4.17. The van der Waals surface area contributed by atoms with Gasteiger partial charge >= 0.3 is 0 Å². The predicted molar refractivity (Wildman–Crippen MR) is 120 cm³/mol. The van der Waals surface area contributed by atoms with Gasteiger partial charge in [-0.1, -0.05) is 24.3 Å². The number of hydrogen-bond donors (Lipinski definition) is 1. The summed E-state index contributed by atoms with van der Waals surface area (Å²) in [5.41, 5.74) is 2.04. The first-order valence-corrected chi connectivity index (χ1v) is 10.7. The van der Waals surface area contributed by atoms with E-state index in [0.717, 1.165) is 50.1 Å². The normalized spacial score (nSPS) is 15.0. The Balaban J connectivity index is 1.39. The zero-order chi connectivity index (χ0) is 21.6. The van der Waals surface area contributed by atoms with Gasteiger partial charge in [0.05, 0.1) is 13.4 Å². The maximum Gasteiger partial charge on any atom is 0.294 e. The Labute approximate surface area is 182 Å². The van der Waals surface area contributed by atoms with Crippen molar-refractivity contribution >= 4 is 11.6 Å². The molecule has 0 aliphatic carbocycles. The average molecular weight is 421 g/mol. The molecule has 31 heavy (non-hydrogen) atoms. The summed E-state index contributed by atoms with van der Waals surface area (Å²) in [5, 5.41) is 9.77. The van der Waals surface area contributed by atoms with Gasteiger partial charge in [0.1, 0.15) is 0 Å². The van der Waals surface area contributed by atoms with Crippen LogP contribution in [-0.4, -0.2) is 48.7 Å². The number of furan rings is 1. The Hall–Kier alpha value is -3.25. The topological polar surface area (TPSA) is 66.2 Å². The molecule has 6 nitrogen and oxygen atoms in total. The van der Waals surface area contributed by atoms with Crippen LogP contribution in [0.5, 0.6) is 11.5 Å². The van der Waals surface area contributed by atoms with Crippen molar-refractivity contribution in [3.05, 3.63) is 78.3 Å². The molecule has 1 aliphatic rings. The number of anilines is 1. The van der Waals surface area contributed by atoms with E-state index < -0.39 is 0 Å². The van der Waals surface area contributed by atoms with E-state index in [0.29, 0.717) is 11.5 Å². The Kier molecular flexibility index (Phi) is 6.57. The quantitative estimate of drug-likeness (QED) is 0.616. The number of rotatable bonds is 7. The lowest BCUT2D eigenvalue weighted by atomic mass is 10.0. The largest absolute Gasteiger partial charge is 0.504 e. The number of amides is 1. The number of phenolic OH excluding ortho intramolecular Hbond substituents is 1. The van der Waals surface area contributed by atoms with Crippen LogP contribution >= 0.6 is 0 Å². The first-order valence-electron chi connectivity index (χ1n) is 10.7. The maximum absolute atomic E-state index is 13.2. The molecule has 0 spiro atoms. The summed E-state index contributed by atoms with van der Waals surface area (Å²) in [7, 11) is 1.56. The van der Waals surface area contributed by atoms with Gasteiger partial charge in [0.25, 0.3) is 5.91 Å². The van der Waals surface area contributed by atoms with Gasteiger partial charge in [-0.3, -0.25) is 4.79 Å². The average Bonchev–Trinajstić information content (AvgIpc) is 3.35. The van der Waals surface area contributed by atoms with Gasteiger partial charge in [0.2, 0.25) is 0 Å². The smallest absolute Gasteiger partial charge is 0.294 e. The fourth-order valence-corrected chi connectivity index (χ4v) is 4.17. The Bertz CT molecular complexity index is 980. The zero-order valence-electron chi connectivity index (χ0n) is 17.7. The van der Waals surface area contributed by atoms with E-state index in [1.807, 2.05) is 47.4 Å². The molecule has 1 amide bonds. The highest BCUT2D eigenvalue weighted by molar-refractivity contribution is 6.04. The molecule has 6 heteroatoms. The molecule has 1 fully saturated rings. The summed E-state index contributed by atoms with van der Waals surface area (Å²) in [5.74, 6) is 0.943. The number of phenols is 1. The summed E-state index contributed by atoms with van der Waals surface area (Å²) in [6.45, 7) is 2.78. The minimum Gasteiger partial charge on any atom is -0.504 e. The number of carbonyl (C=O) groups is 1. The molecule has 0 unspecified atom stereocenters. The van der Waals surface area contributed by atoms with Gasteiger partial charge in [-0.05, 0) is 61.2 Å². The van der Waals surface area contributed by atoms with Gasteiger partial charge in [-0.2, -0.15) is 0 Å². The molecule has 1 N–H and O–H groups in total. The first kappa shape index (κ1) is 21.0. The Morgan fingerprint density at radius 2 is 1.90 bits per heavy atom. The van der Waals surface area contributed by atoms with Crippen molar-refractivity contribution in [1.29, 1.82) is 0 Å². The van der Waals surface area contributed by atoms with E-state index in [4.69, 9.17) is 9.15 Å². The van der Waals surface area contributed by atoms with E-state index in [2.05, 4.69) is 4.90 Å². The highest BCUT2D eigenvalue weighted by Crippen LogP contribution is 2.28. The highest BCUT2D eigenvalue weighted by atomic mass is 16.5. The number of carbonyl (C=O) groups excluding carboxylic acids is 1. The van der Waals surface area contributed by atoms with Gasteiger partial charge in [-0.25, -0.2) is 0 Å². The number of ether oxygens (including phenoxy) is 1. The molecular weight excluding hydrogens is 392 g/mol. The summed E-state index contributed by atoms with van der Waals surface area (Å²) in [6.07, 6.45) is 4.23. The third-order valence-electron chi connectivity index (χ3n) is 5.87. The summed E-state index contributed by atoms with van der Waals surface area (Å²) in [4.78, 5) is 17.5.